The number of carbonyl (C=O) groups is 1. The summed E-state index contributed by atoms with van der Waals surface area (Å²) in [7, 11) is 0. The van der Waals surface area contributed by atoms with Crippen LogP contribution < -0.4 is 5.73 Å². The molecule has 0 aromatic heterocycles. The number of hydrogen-bond acceptors (Lipinski definition) is 4. The number of rotatable bonds is 1. The summed E-state index contributed by atoms with van der Waals surface area (Å²) in [5.41, 5.74) is 7.88. The lowest BCUT2D eigenvalue weighted by Gasteiger charge is -2.37. The zero-order valence-corrected chi connectivity index (χ0v) is 17.0. The molecule has 2 aliphatic rings. The molecule has 1 aliphatic heterocycles. The molecule has 2 N–H and O–H groups in total. The highest BCUT2D eigenvalue weighted by Crippen LogP contribution is 2.50. The maximum Gasteiger partial charge on any atom is 0.205 e. The Bertz CT molecular complexity index is 1280. The van der Waals surface area contributed by atoms with Crippen LogP contribution in [0.3, 0.4) is 0 Å². The number of benzene rings is 3. The van der Waals surface area contributed by atoms with Gasteiger partial charge in [0.2, 0.25) is 5.88 Å². The van der Waals surface area contributed by atoms with E-state index in [1.165, 1.54) is 0 Å². The Morgan fingerprint density at radius 2 is 1.63 bits per heavy atom. The van der Waals surface area contributed by atoms with E-state index in [0.29, 0.717) is 29.7 Å². The first-order valence-corrected chi connectivity index (χ1v) is 10.1. The molecular formula is C26H22N2O2. The molecule has 4 heteroatoms. The van der Waals surface area contributed by atoms with Crippen LogP contribution >= 0.6 is 0 Å². The molecule has 1 atom stereocenters. The molecule has 4 nitrogen and oxygen atoms in total. The minimum absolute atomic E-state index is 0.0310. The third-order valence-corrected chi connectivity index (χ3v) is 6.18. The Balaban J connectivity index is 1.90. The molecule has 1 heterocycles. The van der Waals surface area contributed by atoms with E-state index in [-0.39, 0.29) is 17.1 Å². The lowest BCUT2D eigenvalue weighted by atomic mass is 9.69. The van der Waals surface area contributed by atoms with Gasteiger partial charge in [-0.05, 0) is 38.6 Å². The summed E-state index contributed by atoms with van der Waals surface area (Å²) >= 11 is 0. The molecule has 0 unspecified atom stereocenters. The minimum Gasteiger partial charge on any atom is -0.444 e. The summed E-state index contributed by atoms with van der Waals surface area (Å²) < 4.78 is 5.87. The number of Topliss-reactive ketones (excluding diaryl/α,β-unsaturated/α-hetero) is 1. The SMILES string of the molecule is CC1(C)CC(=O)C2=C(C1)OC(N)=C(C#N)[C@H]2c1c2ccccc2cc2ccccc12. The fourth-order valence-electron chi connectivity index (χ4n) is 4.93. The number of nitrogens with zero attached hydrogens (tertiary/aromatic N) is 1. The van der Waals surface area contributed by atoms with Crippen molar-refractivity contribution < 1.29 is 9.53 Å². The number of hydrogen-bond donors (Lipinski definition) is 1. The average Bonchev–Trinajstić information content (AvgIpc) is 2.70. The predicted octanol–water partition coefficient (Wildman–Crippen LogP) is 5.44. The van der Waals surface area contributed by atoms with Crippen molar-refractivity contribution in [1.82, 2.24) is 0 Å². The first-order valence-electron chi connectivity index (χ1n) is 10.1. The molecule has 0 fully saturated rings. The summed E-state index contributed by atoms with van der Waals surface area (Å²) in [6, 6.07) is 20.6. The second-order valence-corrected chi connectivity index (χ2v) is 8.94. The van der Waals surface area contributed by atoms with Gasteiger partial charge in [-0.2, -0.15) is 5.26 Å². The maximum absolute atomic E-state index is 13.4. The highest BCUT2D eigenvalue weighted by molar-refractivity contribution is 6.07. The van der Waals surface area contributed by atoms with Crippen molar-refractivity contribution in [3.63, 3.8) is 0 Å². The molecule has 0 saturated heterocycles. The first-order chi connectivity index (χ1) is 14.4. The van der Waals surface area contributed by atoms with Crippen LogP contribution in [0.1, 0.15) is 38.2 Å². The van der Waals surface area contributed by atoms with E-state index in [2.05, 4.69) is 50.2 Å². The number of nitriles is 1. The molecular weight excluding hydrogens is 372 g/mol. The van der Waals surface area contributed by atoms with Crippen molar-refractivity contribution in [1.29, 1.82) is 5.26 Å². The van der Waals surface area contributed by atoms with E-state index in [1.807, 2.05) is 24.3 Å². The summed E-state index contributed by atoms with van der Waals surface area (Å²) in [5.74, 6) is 0.209. The fourth-order valence-corrected chi connectivity index (χ4v) is 4.93. The number of ketones is 1. The van der Waals surface area contributed by atoms with Crippen LogP contribution in [0.4, 0.5) is 0 Å². The number of nitrogens with two attached hydrogens (primary N) is 1. The van der Waals surface area contributed by atoms with Gasteiger partial charge in [-0.25, -0.2) is 0 Å². The summed E-state index contributed by atoms with van der Waals surface area (Å²) in [6.45, 7) is 4.11. The predicted molar refractivity (Wildman–Crippen MR) is 117 cm³/mol. The molecule has 0 amide bonds. The molecule has 1 aliphatic carbocycles. The van der Waals surface area contributed by atoms with Crippen molar-refractivity contribution in [2.24, 2.45) is 11.1 Å². The van der Waals surface area contributed by atoms with Crippen molar-refractivity contribution in [3.8, 4) is 6.07 Å². The Kier molecular flexibility index (Phi) is 3.98. The monoisotopic (exact) mass is 394 g/mol. The standard InChI is InChI=1S/C26H22N2O2/c1-26(2)12-20(29)24-21(13-26)30-25(28)19(14-27)23(24)22-17-9-5-3-7-15(17)11-16-8-4-6-10-18(16)22/h3-11,23H,12-13,28H2,1-2H3/t23-/m0/s1. The number of allylic oxidation sites excluding steroid dienone is 3. The Morgan fingerprint density at radius 1 is 1.03 bits per heavy atom. The molecule has 0 radical (unpaired) electrons. The van der Waals surface area contributed by atoms with Crippen LogP contribution in [0.15, 0.2) is 77.4 Å². The molecule has 5 rings (SSSR count). The topological polar surface area (TPSA) is 76.1 Å². The van der Waals surface area contributed by atoms with E-state index >= 15 is 0 Å². The smallest absolute Gasteiger partial charge is 0.205 e. The van der Waals surface area contributed by atoms with Gasteiger partial charge in [0.15, 0.2) is 5.78 Å². The van der Waals surface area contributed by atoms with E-state index < -0.39 is 5.92 Å². The van der Waals surface area contributed by atoms with E-state index in [4.69, 9.17) is 10.5 Å². The van der Waals surface area contributed by atoms with Crippen molar-refractivity contribution >= 4 is 27.3 Å². The molecule has 148 valence electrons. The Labute approximate surface area is 175 Å². The number of carbonyl (C=O) groups excluding carboxylic acids is 1. The first kappa shape index (κ1) is 18.4. The zero-order valence-electron chi connectivity index (χ0n) is 17.0. The van der Waals surface area contributed by atoms with Gasteiger partial charge < -0.3 is 10.5 Å². The third-order valence-electron chi connectivity index (χ3n) is 6.18. The molecule has 3 aromatic rings. The van der Waals surface area contributed by atoms with Gasteiger partial charge in [0.05, 0.1) is 5.92 Å². The molecule has 0 spiro atoms. The lowest BCUT2D eigenvalue weighted by molar-refractivity contribution is -0.119. The normalized spacial score (nSPS) is 20.8. The molecule has 0 saturated carbocycles. The fraction of sp³-hybridized carbons (Fsp3) is 0.231. The third kappa shape index (κ3) is 2.70. The van der Waals surface area contributed by atoms with Crippen LogP contribution in [-0.2, 0) is 9.53 Å². The van der Waals surface area contributed by atoms with Gasteiger partial charge >= 0.3 is 0 Å². The van der Waals surface area contributed by atoms with Crippen LogP contribution in [-0.4, -0.2) is 5.78 Å². The van der Waals surface area contributed by atoms with E-state index in [0.717, 1.165) is 27.1 Å². The molecule has 3 aromatic carbocycles. The van der Waals surface area contributed by atoms with Crippen LogP contribution in [0, 0.1) is 16.7 Å². The van der Waals surface area contributed by atoms with Crippen LogP contribution in [0.5, 0.6) is 0 Å². The van der Waals surface area contributed by atoms with Gasteiger partial charge in [0.1, 0.15) is 17.4 Å². The van der Waals surface area contributed by atoms with Crippen LogP contribution in [0.2, 0.25) is 0 Å². The van der Waals surface area contributed by atoms with E-state index in [1.54, 1.807) is 0 Å². The van der Waals surface area contributed by atoms with Crippen molar-refractivity contribution in [2.75, 3.05) is 0 Å². The van der Waals surface area contributed by atoms with Gasteiger partial charge in [0, 0.05) is 18.4 Å². The van der Waals surface area contributed by atoms with E-state index in [9.17, 15) is 10.1 Å². The zero-order chi connectivity index (χ0) is 21.0. The highest BCUT2D eigenvalue weighted by Gasteiger charge is 2.43. The Morgan fingerprint density at radius 3 is 2.23 bits per heavy atom. The summed E-state index contributed by atoms with van der Waals surface area (Å²) in [5, 5.41) is 14.2. The minimum atomic E-state index is -0.529. The summed E-state index contributed by atoms with van der Waals surface area (Å²) in [6.07, 6.45) is 1.04. The van der Waals surface area contributed by atoms with Crippen molar-refractivity contribution in [3.05, 3.63) is 82.9 Å². The highest BCUT2D eigenvalue weighted by atomic mass is 16.5. The summed E-state index contributed by atoms with van der Waals surface area (Å²) in [4.78, 5) is 13.4. The second-order valence-electron chi connectivity index (χ2n) is 8.94. The number of fused-ring (bicyclic) bond motifs is 2. The largest absolute Gasteiger partial charge is 0.444 e. The second kappa shape index (κ2) is 6.47. The van der Waals surface area contributed by atoms with Crippen molar-refractivity contribution in [2.45, 2.75) is 32.6 Å². The lowest BCUT2D eigenvalue weighted by Crippen LogP contribution is -2.33. The van der Waals surface area contributed by atoms with Gasteiger partial charge in [0.25, 0.3) is 0 Å². The quantitative estimate of drug-likeness (QED) is 0.557. The van der Waals surface area contributed by atoms with Gasteiger partial charge in [-0.3, -0.25) is 4.79 Å². The molecule has 0 bridgehead atoms. The Hall–Kier alpha value is -3.58. The van der Waals surface area contributed by atoms with Crippen LogP contribution in [0.25, 0.3) is 21.5 Å². The van der Waals surface area contributed by atoms with Gasteiger partial charge in [-0.15, -0.1) is 0 Å². The maximum atomic E-state index is 13.4. The van der Waals surface area contributed by atoms with Gasteiger partial charge in [-0.1, -0.05) is 62.4 Å². The number of ether oxygens (including phenoxy) is 1. The molecule has 30 heavy (non-hydrogen) atoms. The average molecular weight is 394 g/mol.